The average molecular weight is 487 g/mol. The molecule has 11 heteroatoms. The summed E-state index contributed by atoms with van der Waals surface area (Å²) < 4.78 is 12.1. The quantitative estimate of drug-likeness (QED) is 0.266. The molecule has 0 aliphatic rings. The fourth-order valence-corrected chi connectivity index (χ4v) is 5.46. The molecule has 4 aromatic rings. The predicted octanol–water partition coefficient (Wildman–Crippen LogP) is 4.34. The van der Waals surface area contributed by atoms with Gasteiger partial charge in [-0.1, -0.05) is 59.1 Å². The second-order valence-electron chi connectivity index (χ2n) is 6.50. The van der Waals surface area contributed by atoms with E-state index in [1.807, 2.05) is 24.3 Å². The zero-order chi connectivity index (χ0) is 22.5. The molecule has 2 aromatic carbocycles. The van der Waals surface area contributed by atoms with Gasteiger partial charge in [0.2, 0.25) is 10.1 Å². The molecule has 0 saturated carbocycles. The summed E-state index contributed by atoms with van der Waals surface area (Å²) in [5, 5.41) is 13.8. The molecule has 0 unspecified atom stereocenters. The monoisotopic (exact) mass is 486 g/mol. The lowest BCUT2D eigenvalue weighted by Crippen LogP contribution is -2.00. The first kappa shape index (κ1) is 22.3. The molecule has 0 atom stereocenters. The van der Waals surface area contributed by atoms with Gasteiger partial charge >= 0.3 is 11.9 Å². The molecule has 2 aromatic heterocycles. The lowest BCUT2D eigenvalue weighted by Gasteiger charge is -2.02. The van der Waals surface area contributed by atoms with Gasteiger partial charge in [-0.25, -0.2) is 9.59 Å². The summed E-state index contributed by atoms with van der Waals surface area (Å²) in [4.78, 5) is 23.8. The molecule has 164 valence electrons. The highest BCUT2D eigenvalue weighted by Crippen LogP contribution is 2.30. The summed E-state index contributed by atoms with van der Waals surface area (Å²) in [5.41, 5.74) is 3.19. The van der Waals surface area contributed by atoms with Crippen LogP contribution in [0.15, 0.2) is 58.0 Å². The van der Waals surface area contributed by atoms with Crippen molar-refractivity contribution in [2.45, 2.75) is 21.0 Å². The minimum absolute atomic E-state index is 0.345. The summed E-state index contributed by atoms with van der Waals surface area (Å²) in [6, 6.07) is 14.6. The first-order valence-corrected chi connectivity index (χ1v) is 12.2. The first-order chi connectivity index (χ1) is 15.6. The van der Waals surface area contributed by atoms with E-state index in [0.717, 1.165) is 26.2 Å². The van der Waals surface area contributed by atoms with Crippen LogP contribution in [-0.4, -0.2) is 46.0 Å². The highest BCUT2D eigenvalue weighted by Gasteiger charge is 2.13. The van der Waals surface area contributed by atoms with Gasteiger partial charge in [0.25, 0.3) is 0 Å². The van der Waals surface area contributed by atoms with Gasteiger partial charge in [0.15, 0.2) is 4.34 Å². The van der Waals surface area contributed by atoms with E-state index in [4.69, 9.17) is 9.47 Å². The standard InChI is InChI=1S/C21H18N4O4S3/c1-28-17(26)15-7-3-13(4-8-15)11-30-19-22-23-20-25(19)24-21(32-20)31-12-14-5-9-16(10-6-14)18(27)29-2/h3-10H,11-12H2,1-2H3. The summed E-state index contributed by atoms with van der Waals surface area (Å²) in [5.74, 6) is 0.701. The van der Waals surface area contributed by atoms with Crippen LogP contribution in [0, 0.1) is 0 Å². The van der Waals surface area contributed by atoms with E-state index in [1.165, 1.54) is 37.3 Å². The molecule has 0 radical (unpaired) electrons. The number of ether oxygens (including phenoxy) is 2. The van der Waals surface area contributed by atoms with E-state index >= 15 is 0 Å². The van der Waals surface area contributed by atoms with Crippen LogP contribution in [0.1, 0.15) is 31.8 Å². The number of hydrogen-bond donors (Lipinski definition) is 0. The average Bonchev–Trinajstić information content (AvgIpc) is 3.41. The smallest absolute Gasteiger partial charge is 0.337 e. The fraction of sp³-hybridized carbons (Fsp3) is 0.190. The van der Waals surface area contributed by atoms with Gasteiger partial charge in [-0.2, -0.15) is 4.52 Å². The largest absolute Gasteiger partial charge is 0.465 e. The van der Waals surface area contributed by atoms with E-state index in [-0.39, 0.29) is 11.9 Å². The van der Waals surface area contributed by atoms with Crippen LogP contribution >= 0.6 is 34.9 Å². The number of aromatic nitrogens is 4. The van der Waals surface area contributed by atoms with Crippen molar-refractivity contribution in [3.63, 3.8) is 0 Å². The zero-order valence-electron chi connectivity index (χ0n) is 17.2. The summed E-state index contributed by atoms with van der Waals surface area (Å²) in [6.07, 6.45) is 0. The van der Waals surface area contributed by atoms with Crippen LogP contribution < -0.4 is 0 Å². The molecular formula is C21H18N4O4S3. The van der Waals surface area contributed by atoms with Gasteiger partial charge in [0.05, 0.1) is 25.3 Å². The molecule has 0 amide bonds. The van der Waals surface area contributed by atoms with E-state index in [2.05, 4.69) is 15.3 Å². The molecule has 0 fully saturated rings. The number of esters is 2. The summed E-state index contributed by atoms with van der Waals surface area (Å²) in [7, 11) is 2.73. The Labute approximate surface area is 196 Å². The second-order valence-corrected chi connectivity index (χ2v) is 9.62. The van der Waals surface area contributed by atoms with Crippen molar-refractivity contribution >= 4 is 51.8 Å². The van der Waals surface area contributed by atoms with Crippen molar-refractivity contribution < 1.29 is 19.1 Å². The van der Waals surface area contributed by atoms with Crippen LogP contribution in [0.5, 0.6) is 0 Å². The van der Waals surface area contributed by atoms with Crippen LogP contribution in [0.2, 0.25) is 0 Å². The Balaban J connectivity index is 1.37. The molecule has 0 aliphatic carbocycles. The van der Waals surface area contributed by atoms with Gasteiger partial charge in [-0.05, 0) is 35.4 Å². The van der Waals surface area contributed by atoms with Crippen molar-refractivity contribution in [3.05, 3.63) is 70.8 Å². The molecule has 0 saturated heterocycles. The number of fused-ring (bicyclic) bond motifs is 1. The Morgan fingerprint density at radius 2 is 1.38 bits per heavy atom. The molecule has 2 heterocycles. The highest BCUT2D eigenvalue weighted by atomic mass is 32.2. The molecule has 0 bridgehead atoms. The van der Waals surface area contributed by atoms with Crippen molar-refractivity contribution in [2.75, 3.05) is 14.2 Å². The Morgan fingerprint density at radius 3 is 1.91 bits per heavy atom. The number of nitrogens with zero attached hydrogens (tertiary/aromatic N) is 4. The minimum atomic E-state index is -0.352. The lowest BCUT2D eigenvalue weighted by atomic mass is 10.1. The van der Waals surface area contributed by atoms with Gasteiger partial charge < -0.3 is 9.47 Å². The van der Waals surface area contributed by atoms with E-state index < -0.39 is 0 Å². The van der Waals surface area contributed by atoms with E-state index in [9.17, 15) is 9.59 Å². The molecule has 4 rings (SSSR count). The maximum atomic E-state index is 11.5. The maximum absolute atomic E-state index is 11.5. The van der Waals surface area contributed by atoms with Gasteiger partial charge in [0, 0.05) is 11.5 Å². The SMILES string of the molecule is COC(=O)c1ccc(CSc2nn3c(SCc4ccc(C(=O)OC)cc4)nnc3s2)cc1. The molecule has 0 N–H and O–H groups in total. The Morgan fingerprint density at radius 1 is 0.844 bits per heavy atom. The molecule has 8 nitrogen and oxygen atoms in total. The van der Waals surface area contributed by atoms with Crippen molar-refractivity contribution in [2.24, 2.45) is 0 Å². The van der Waals surface area contributed by atoms with Crippen molar-refractivity contribution in [1.29, 1.82) is 0 Å². The molecule has 32 heavy (non-hydrogen) atoms. The fourth-order valence-electron chi connectivity index (χ4n) is 2.73. The van der Waals surface area contributed by atoms with Gasteiger partial charge in [-0.15, -0.1) is 15.3 Å². The van der Waals surface area contributed by atoms with Crippen LogP contribution in [0.4, 0.5) is 0 Å². The molecule has 0 aliphatic heterocycles. The van der Waals surface area contributed by atoms with Crippen molar-refractivity contribution in [1.82, 2.24) is 19.8 Å². The third-order valence-electron chi connectivity index (χ3n) is 4.42. The van der Waals surface area contributed by atoms with Crippen molar-refractivity contribution in [3.8, 4) is 0 Å². The number of methoxy groups -OCH3 is 2. The number of rotatable bonds is 8. The van der Waals surface area contributed by atoms with E-state index in [1.54, 1.807) is 40.5 Å². The number of carbonyl (C=O) groups excluding carboxylic acids is 2. The Bertz CT molecular complexity index is 1240. The summed E-state index contributed by atoms with van der Waals surface area (Å²) >= 11 is 4.61. The normalized spacial score (nSPS) is 10.9. The second kappa shape index (κ2) is 10.2. The zero-order valence-corrected chi connectivity index (χ0v) is 19.6. The van der Waals surface area contributed by atoms with E-state index in [0.29, 0.717) is 22.0 Å². The number of carbonyl (C=O) groups is 2. The topological polar surface area (TPSA) is 95.7 Å². The first-order valence-electron chi connectivity index (χ1n) is 9.39. The third kappa shape index (κ3) is 5.12. The van der Waals surface area contributed by atoms with Gasteiger partial charge in [0.1, 0.15) is 0 Å². The van der Waals surface area contributed by atoms with Crippen LogP contribution in [-0.2, 0) is 21.0 Å². The number of hydrogen-bond acceptors (Lipinski definition) is 10. The predicted molar refractivity (Wildman–Crippen MR) is 123 cm³/mol. The number of thioether (sulfide) groups is 2. The minimum Gasteiger partial charge on any atom is -0.465 e. The lowest BCUT2D eigenvalue weighted by molar-refractivity contribution is 0.0592. The Hall–Kier alpha value is -2.89. The van der Waals surface area contributed by atoms with Gasteiger partial charge in [-0.3, -0.25) is 0 Å². The number of benzene rings is 2. The van der Waals surface area contributed by atoms with Crippen LogP contribution in [0.3, 0.4) is 0 Å². The maximum Gasteiger partial charge on any atom is 0.337 e. The highest BCUT2D eigenvalue weighted by molar-refractivity contribution is 8.00. The van der Waals surface area contributed by atoms with Crippen LogP contribution in [0.25, 0.3) is 4.96 Å². The molecular weight excluding hydrogens is 468 g/mol. The third-order valence-corrected chi connectivity index (χ3v) is 7.52. The Kier molecular flexibility index (Phi) is 7.08. The summed E-state index contributed by atoms with van der Waals surface area (Å²) in [6.45, 7) is 0. The molecule has 0 spiro atoms.